The van der Waals surface area contributed by atoms with E-state index in [1.54, 1.807) is 11.8 Å². The molecule has 6 heteroatoms. The number of piperidine rings is 1. The first kappa shape index (κ1) is 13.0. The number of anilines is 2. The summed E-state index contributed by atoms with van der Waals surface area (Å²) < 4.78 is 9.97. The van der Waals surface area contributed by atoms with E-state index in [1.807, 2.05) is 6.26 Å². The lowest BCUT2D eigenvalue weighted by Crippen LogP contribution is -2.39. The smallest absolute Gasteiger partial charge is 0.153 e. The molecule has 1 fully saturated rings. The number of hydrogen-bond donors (Lipinski definition) is 1. The molecule has 2 rings (SSSR count). The van der Waals surface area contributed by atoms with Gasteiger partial charge in [0.05, 0.1) is 11.0 Å². The quantitative estimate of drug-likeness (QED) is 0.854. The van der Waals surface area contributed by atoms with Crippen LogP contribution >= 0.6 is 23.3 Å². The standard InChI is InChI=1S/C11H19N3OS2/c1-3-15-8-5-4-6-14(7-8)11-9(16-2)10(12)13-17-11/h8H,3-7H2,1-2H3,(H2,12,13). The van der Waals surface area contributed by atoms with E-state index in [9.17, 15) is 0 Å². The lowest BCUT2D eigenvalue weighted by molar-refractivity contribution is 0.0527. The molecule has 1 saturated heterocycles. The summed E-state index contributed by atoms with van der Waals surface area (Å²) in [4.78, 5) is 3.48. The van der Waals surface area contributed by atoms with E-state index in [2.05, 4.69) is 16.2 Å². The first-order chi connectivity index (χ1) is 8.26. The van der Waals surface area contributed by atoms with Gasteiger partial charge in [-0.15, -0.1) is 11.8 Å². The zero-order valence-corrected chi connectivity index (χ0v) is 11.9. The molecule has 1 aliphatic rings. The van der Waals surface area contributed by atoms with Crippen molar-refractivity contribution in [2.45, 2.75) is 30.8 Å². The number of nitrogens with two attached hydrogens (primary N) is 1. The number of nitrogen functional groups attached to an aromatic ring is 1. The summed E-state index contributed by atoms with van der Waals surface area (Å²) in [5.41, 5.74) is 5.87. The van der Waals surface area contributed by atoms with Gasteiger partial charge in [-0.25, -0.2) is 0 Å². The van der Waals surface area contributed by atoms with Gasteiger partial charge < -0.3 is 15.4 Å². The van der Waals surface area contributed by atoms with Gasteiger partial charge in [-0.3, -0.25) is 0 Å². The molecular weight excluding hydrogens is 254 g/mol. The van der Waals surface area contributed by atoms with Crippen molar-refractivity contribution in [3.8, 4) is 0 Å². The van der Waals surface area contributed by atoms with Crippen LogP contribution in [0.4, 0.5) is 10.8 Å². The van der Waals surface area contributed by atoms with Crippen molar-refractivity contribution in [1.29, 1.82) is 0 Å². The number of thioether (sulfide) groups is 1. The zero-order chi connectivity index (χ0) is 12.3. The maximum atomic E-state index is 5.87. The van der Waals surface area contributed by atoms with Gasteiger partial charge in [0.25, 0.3) is 0 Å². The summed E-state index contributed by atoms with van der Waals surface area (Å²) in [7, 11) is 0. The summed E-state index contributed by atoms with van der Waals surface area (Å²) in [6, 6.07) is 0. The SMILES string of the molecule is CCOC1CCCN(c2snc(N)c2SC)C1. The second-order valence-corrected chi connectivity index (χ2v) is 5.64. The minimum atomic E-state index is 0.354. The first-order valence-electron chi connectivity index (χ1n) is 5.92. The van der Waals surface area contributed by atoms with Crippen LogP contribution in [0.5, 0.6) is 0 Å². The van der Waals surface area contributed by atoms with E-state index in [4.69, 9.17) is 10.5 Å². The Labute approximate surface area is 111 Å². The Morgan fingerprint density at radius 3 is 3.18 bits per heavy atom. The maximum absolute atomic E-state index is 5.87. The van der Waals surface area contributed by atoms with Gasteiger partial charge in [0.1, 0.15) is 5.00 Å². The molecule has 1 atom stereocenters. The minimum Gasteiger partial charge on any atom is -0.382 e. The van der Waals surface area contributed by atoms with Crippen molar-refractivity contribution in [3.63, 3.8) is 0 Å². The molecular formula is C11H19N3OS2. The van der Waals surface area contributed by atoms with E-state index >= 15 is 0 Å². The van der Waals surface area contributed by atoms with Crippen molar-refractivity contribution >= 4 is 34.1 Å². The van der Waals surface area contributed by atoms with E-state index < -0.39 is 0 Å². The Morgan fingerprint density at radius 1 is 1.65 bits per heavy atom. The van der Waals surface area contributed by atoms with Crippen molar-refractivity contribution in [2.24, 2.45) is 0 Å². The normalized spacial score (nSPS) is 20.8. The molecule has 1 aliphatic heterocycles. The van der Waals surface area contributed by atoms with Crippen LogP contribution in [0, 0.1) is 0 Å². The van der Waals surface area contributed by atoms with Gasteiger partial charge in [-0.2, -0.15) is 4.37 Å². The average molecular weight is 273 g/mol. The average Bonchev–Trinajstić information content (AvgIpc) is 2.71. The van der Waals surface area contributed by atoms with Crippen LogP contribution in [-0.4, -0.2) is 36.4 Å². The van der Waals surface area contributed by atoms with Crippen LogP contribution in [0.25, 0.3) is 0 Å². The maximum Gasteiger partial charge on any atom is 0.153 e. The molecule has 0 spiro atoms. The van der Waals surface area contributed by atoms with Crippen molar-refractivity contribution in [3.05, 3.63) is 0 Å². The highest BCUT2D eigenvalue weighted by molar-refractivity contribution is 7.99. The molecule has 2 N–H and O–H groups in total. The van der Waals surface area contributed by atoms with E-state index in [1.165, 1.54) is 23.0 Å². The van der Waals surface area contributed by atoms with Crippen molar-refractivity contribution in [2.75, 3.05) is 36.6 Å². The third kappa shape index (κ3) is 2.86. The number of nitrogens with zero attached hydrogens (tertiary/aromatic N) is 2. The largest absolute Gasteiger partial charge is 0.382 e. The summed E-state index contributed by atoms with van der Waals surface area (Å²) in [6.45, 7) is 4.89. The van der Waals surface area contributed by atoms with Gasteiger partial charge in [-0.1, -0.05) is 0 Å². The Hall–Kier alpha value is -0.460. The summed E-state index contributed by atoms with van der Waals surface area (Å²) in [5, 5.41) is 1.21. The Bertz CT molecular complexity index is 368. The monoisotopic (exact) mass is 273 g/mol. The van der Waals surface area contributed by atoms with Crippen LogP contribution < -0.4 is 10.6 Å². The molecule has 1 unspecified atom stereocenters. The highest BCUT2D eigenvalue weighted by Crippen LogP contribution is 2.38. The second kappa shape index (κ2) is 5.93. The lowest BCUT2D eigenvalue weighted by atomic mass is 10.1. The predicted octanol–water partition coefficient (Wildman–Crippen LogP) is 2.45. The first-order valence-corrected chi connectivity index (χ1v) is 7.91. The highest BCUT2D eigenvalue weighted by Gasteiger charge is 2.24. The minimum absolute atomic E-state index is 0.354. The molecule has 0 aliphatic carbocycles. The predicted molar refractivity (Wildman–Crippen MR) is 75.2 cm³/mol. The summed E-state index contributed by atoms with van der Waals surface area (Å²) in [5.74, 6) is 0.663. The van der Waals surface area contributed by atoms with Crippen molar-refractivity contribution < 1.29 is 4.74 Å². The third-order valence-electron chi connectivity index (χ3n) is 2.93. The zero-order valence-electron chi connectivity index (χ0n) is 10.3. The molecule has 1 aromatic rings. The molecule has 0 saturated carbocycles. The van der Waals surface area contributed by atoms with Crippen LogP contribution in [0.15, 0.2) is 4.90 Å². The van der Waals surface area contributed by atoms with Crippen molar-refractivity contribution in [1.82, 2.24) is 4.37 Å². The highest BCUT2D eigenvalue weighted by atomic mass is 32.2. The second-order valence-electron chi connectivity index (χ2n) is 4.07. The summed E-state index contributed by atoms with van der Waals surface area (Å²) in [6.07, 6.45) is 4.74. The van der Waals surface area contributed by atoms with Gasteiger partial charge in [0.2, 0.25) is 0 Å². The number of aromatic nitrogens is 1. The van der Waals surface area contributed by atoms with Gasteiger partial charge >= 0.3 is 0 Å². The Kier molecular flexibility index (Phi) is 4.53. The molecule has 0 radical (unpaired) electrons. The van der Waals surface area contributed by atoms with Crippen LogP contribution in [0.2, 0.25) is 0 Å². The molecule has 0 amide bonds. The van der Waals surface area contributed by atoms with Crippen LogP contribution in [0.1, 0.15) is 19.8 Å². The molecule has 0 bridgehead atoms. The fraction of sp³-hybridized carbons (Fsp3) is 0.727. The van der Waals surface area contributed by atoms with Gasteiger partial charge in [0.15, 0.2) is 5.82 Å². The number of hydrogen-bond acceptors (Lipinski definition) is 6. The fourth-order valence-corrected chi connectivity index (χ4v) is 3.90. The molecule has 96 valence electrons. The Balaban J connectivity index is 2.10. The summed E-state index contributed by atoms with van der Waals surface area (Å²) >= 11 is 3.18. The number of ether oxygens (including phenoxy) is 1. The van der Waals surface area contributed by atoms with E-state index in [0.29, 0.717) is 11.9 Å². The van der Waals surface area contributed by atoms with Crippen LogP contribution in [0.3, 0.4) is 0 Å². The number of rotatable bonds is 4. The van der Waals surface area contributed by atoms with Gasteiger partial charge in [0, 0.05) is 19.7 Å². The van der Waals surface area contributed by atoms with Crippen LogP contribution in [-0.2, 0) is 4.74 Å². The fourth-order valence-electron chi connectivity index (χ4n) is 2.17. The molecule has 0 aromatic carbocycles. The molecule has 4 nitrogen and oxygen atoms in total. The molecule has 17 heavy (non-hydrogen) atoms. The lowest BCUT2D eigenvalue weighted by Gasteiger charge is -2.33. The topological polar surface area (TPSA) is 51.4 Å². The molecule has 1 aromatic heterocycles. The molecule has 2 heterocycles. The van der Waals surface area contributed by atoms with E-state index in [-0.39, 0.29) is 0 Å². The Morgan fingerprint density at radius 2 is 2.47 bits per heavy atom. The van der Waals surface area contributed by atoms with E-state index in [0.717, 1.165) is 31.0 Å². The van der Waals surface area contributed by atoms with Gasteiger partial charge in [-0.05, 0) is 37.6 Å². The third-order valence-corrected chi connectivity index (χ3v) is 4.79.